The molecule has 134 valence electrons. The van der Waals surface area contributed by atoms with Crippen LogP contribution in [0.2, 0.25) is 5.02 Å². The molecular formula is C20H17ClFNO2S. The number of anilines is 1. The van der Waals surface area contributed by atoms with Crippen molar-refractivity contribution in [2.45, 2.75) is 17.9 Å². The first-order valence-corrected chi connectivity index (χ1v) is 9.82. The number of hydrogen-bond acceptors (Lipinski definition) is 2. The fourth-order valence-corrected chi connectivity index (χ4v) is 4.52. The molecule has 0 saturated carbocycles. The van der Waals surface area contributed by atoms with Crippen LogP contribution in [0.1, 0.15) is 18.5 Å². The van der Waals surface area contributed by atoms with E-state index in [1.165, 1.54) is 16.4 Å². The Bertz CT molecular complexity index is 975. The topological polar surface area (TPSA) is 37.4 Å². The highest BCUT2D eigenvalue weighted by atomic mass is 35.5. The second-order valence-corrected chi connectivity index (χ2v) is 8.07. The number of rotatable bonds is 5. The summed E-state index contributed by atoms with van der Waals surface area (Å²) >= 11 is 5.95. The number of benzene rings is 3. The van der Waals surface area contributed by atoms with Crippen molar-refractivity contribution in [3.63, 3.8) is 0 Å². The van der Waals surface area contributed by atoms with E-state index >= 15 is 0 Å². The van der Waals surface area contributed by atoms with E-state index in [4.69, 9.17) is 11.6 Å². The van der Waals surface area contributed by atoms with Crippen LogP contribution < -0.4 is 4.31 Å². The molecule has 0 aliphatic rings. The third-order valence-electron chi connectivity index (χ3n) is 4.09. The van der Waals surface area contributed by atoms with Gasteiger partial charge in [-0.25, -0.2) is 12.8 Å². The SMILES string of the molecule is CC(c1ccccc1)N(c1ccc(Cl)cc1)S(=O)(=O)c1ccc(F)cc1. The lowest BCUT2D eigenvalue weighted by Gasteiger charge is -2.31. The van der Waals surface area contributed by atoms with Gasteiger partial charge in [0.2, 0.25) is 0 Å². The molecule has 0 spiro atoms. The van der Waals surface area contributed by atoms with Crippen molar-refractivity contribution in [2.75, 3.05) is 4.31 Å². The molecule has 0 amide bonds. The standard InChI is InChI=1S/C20H17ClFNO2S/c1-15(16-5-3-2-4-6-16)23(19-11-7-17(21)8-12-19)26(24,25)20-13-9-18(22)10-14-20/h2-15H,1H3. The number of hydrogen-bond donors (Lipinski definition) is 0. The van der Waals surface area contributed by atoms with Crippen LogP contribution in [0.5, 0.6) is 0 Å². The highest BCUT2D eigenvalue weighted by Crippen LogP contribution is 2.33. The number of sulfonamides is 1. The summed E-state index contributed by atoms with van der Waals surface area (Å²) in [7, 11) is -3.91. The summed E-state index contributed by atoms with van der Waals surface area (Å²) < 4.78 is 41.2. The van der Waals surface area contributed by atoms with Crippen LogP contribution >= 0.6 is 11.6 Å². The Hall–Kier alpha value is -2.37. The van der Waals surface area contributed by atoms with Crippen molar-refractivity contribution >= 4 is 27.3 Å². The zero-order chi connectivity index (χ0) is 18.7. The van der Waals surface area contributed by atoms with Gasteiger partial charge in [0.15, 0.2) is 0 Å². The second-order valence-electron chi connectivity index (χ2n) is 5.82. The van der Waals surface area contributed by atoms with E-state index in [-0.39, 0.29) is 4.90 Å². The average Bonchev–Trinajstić information content (AvgIpc) is 2.64. The van der Waals surface area contributed by atoms with E-state index in [9.17, 15) is 12.8 Å². The minimum atomic E-state index is -3.91. The zero-order valence-electron chi connectivity index (χ0n) is 14.0. The van der Waals surface area contributed by atoms with Crippen LogP contribution in [0.3, 0.4) is 0 Å². The van der Waals surface area contributed by atoms with E-state index in [0.717, 1.165) is 17.7 Å². The van der Waals surface area contributed by atoms with Gasteiger partial charge in [-0.3, -0.25) is 4.31 Å². The summed E-state index contributed by atoms with van der Waals surface area (Å²) in [6.07, 6.45) is 0. The van der Waals surface area contributed by atoms with Crippen LogP contribution in [-0.2, 0) is 10.0 Å². The first-order valence-electron chi connectivity index (χ1n) is 8.00. The molecule has 3 aromatic rings. The fourth-order valence-electron chi connectivity index (χ4n) is 2.75. The van der Waals surface area contributed by atoms with Crippen LogP contribution in [0.4, 0.5) is 10.1 Å². The molecule has 0 fully saturated rings. The Labute approximate surface area is 157 Å². The van der Waals surface area contributed by atoms with Crippen molar-refractivity contribution < 1.29 is 12.8 Å². The quantitative estimate of drug-likeness (QED) is 0.583. The van der Waals surface area contributed by atoms with Gasteiger partial charge >= 0.3 is 0 Å². The molecule has 3 aromatic carbocycles. The first kappa shape index (κ1) is 18.4. The number of halogens is 2. The highest BCUT2D eigenvalue weighted by molar-refractivity contribution is 7.92. The van der Waals surface area contributed by atoms with Gasteiger partial charge in [0.05, 0.1) is 16.6 Å². The van der Waals surface area contributed by atoms with Crippen molar-refractivity contribution in [1.82, 2.24) is 0 Å². The highest BCUT2D eigenvalue weighted by Gasteiger charge is 2.30. The van der Waals surface area contributed by atoms with Gasteiger partial charge in [-0.15, -0.1) is 0 Å². The van der Waals surface area contributed by atoms with Crippen molar-refractivity contribution in [3.8, 4) is 0 Å². The summed E-state index contributed by atoms with van der Waals surface area (Å²) in [6, 6.07) is 20.3. The van der Waals surface area contributed by atoms with Gasteiger partial charge in [0, 0.05) is 5.02 Å². The van der Waals surface area contributed by atoms with Crippen molar-refractivity contribution in [2.24, 2.45) is 0 Å². The van der Waals surface area contributed by atoms with E-state index in [2.05, 4.69) is 0 Å². The third-order valence-corrected chi connectivity index (χ3v) is 6.25. The Kier molecular flexibility index (Phi) is 5.30. The Balaban J connectivity index is 2.13. The van der Waals surface area contributed by atoms with Gasteiger partial charge in [0.25, 0.3) is 10.0 Å². The molecule has 1 unspecified atom stereocenters. The second kappa shape index (κ2) is 7.48. The van der Waals surface area contributed by atoms with Crippen molar-refractivity contribution in [1.29, 1.82) is 0 Å². The lowest BCUT2D eigenvalue weighted by Crippen LogP contribution is -2.33. The molecule has 0 aromatic heterocycles. The van der Waals surface area contributed by atoms with Gasteiger partial charge in [-0.05, 0) is 61.0 Å². The molecule has 3 rings (SSSR count). The predicted octanol–water partition coefficient (Wildman–Crippen LogP) is 5.44. The number of nitrogens with zero attached hydrogens (tertiary/aromatic N) is 1. The largest absolute Gasteiger partial charge is 0.264 e. The van der Waals surface area contributed by atoms with Crippen molar-refractivity contribution in [3.05, 3.63) is 95.3 Å². The first-order chi connectivity index (χ1) is 12.4. The van der Waals surface area contributed by atoms with Crippen LogP contribution in [0.25, 0.3) is 0 Å². The summed E-state index contributed by atoms with van der Waals surface area (Å²) in [5, 5.41) is 0.514. The monoisotopic (exact) mass is 389 g/mol. The summed E-state index contributed by atoms with van der Waals surface area (Å²) in [5.74, 6) is -0.488. The molecule has 0 bridgehead atoms. The van der Waals surface area contributed by atoms with Crippen LogP contribution in [0.15, 0.2) is 83.8 Å². The Morgan fingerprint density at radius 1 is 0.885 bits per heavy atom. The molecule has 0 N–H and O–H groups in total. The molecule has 1 atom stereocenters. The maximum atomic E-state index is 13.3. The molecule has 0 saturated heterocycles. The van der Waals surface area contributed by atoms with Gasteiger partial charge in [0.1, 0.15) is 5.82 Å². The van der Waals surface area contributed by atoms with Gasteiger partial charge in [-0.1, -0.05) is 41.9 Å². The molecule has 0 aliphatic carbocycles. The van der Waals surface area contributed by atoms with Gasteiger partial charge in [-0.2, -0.15) is 0 Å². The smallest absolute Gasteiger partial charge is 0.259 e. The fraction of sp³-hybridized carbons (Fsp3) is 0.100. The maximum Gasteiger partial charge on any atom is 0.264 e. The zero-order valence-corrected chi connectivity index (χ0v) is 15.6. The van der Waals surface area contributed by atoms with Crippen LogP contribution in [-0.4, -0.2) is 8.42 Å². The minimum Gasteiger partial charge on any atom is -0.259 e. The summed E-state index contributed by atoms with van der Waals surface area (Å²) in [6.45, 7) is 1.81. The molecule has 0 aliphatic heterocycles. The van der Waals surface area contributed by atoms with E-state index in [1.54, 1.807) is 24.3 Å². The Morgan fingerprint density at radius 3 is 2.04 bits per heavy atom. The maximum absolute atomic E-state index is 13.3. The summed E-state index contributed by atoms with van der Waals surface area (Å²) in [5.41, 5.74) is 1.32. The van der Waals surface area contributed by atoms with Crippen LogP contribution in [0, 0.1) is 5.82 Å². The molecule has 6 heteroatoms. The normalized spacial score (nSPS) is 12.6. The third kappa shape index (κ3) is 3.74. The predicted molar refractivity (Wildman–Crippen MR) is 102 cm³/mol. The Morgan fingerprint density at radius 2 is 1.46 bits per heavy atom. The molecular weight excluding hydrogens is 373 g/mol. The lowest BCUT2D eigenvalue weighted by atomic mass is 10.1. The van der Waals surface area contributed by atoms with E-state index in [1.807, 2.05) is 37.3 Å². The van der Waals surface area contributed by atoms with Gasteiger partial charge < -0.3 is 0 Å². The molecule has 0 heterocycles. The molecule has 0 radical (unpaired) electrons. The molecule has 3 nitrogen and oxygen atoms in total. The summed E-state index contributed by atoms with van der Waals surface area (Å²) in [4.78, 5) is 0.0247. The average molecular weight is 390 g/mol. The lowest BCUT2D eigenvalue weighted by molar-refractivity contribution is 0.582. The molecule has 26 heavy (non-hydrogen) atoms. The van der Waals surface area contributed by atoms with E-state index < -0.39 is 21.9 Å². The minimum absolute atomic E-state index is 0.0247. The van der Waals surface area contributed by atoms with E-state index in [0.29, 0.717) is 10.7 Å².